The number of hydrogen-bond acceptors (Lipinski definition) is 8. The van der Waals surface area contributed by atoms with Crippen LogP contribution in [-0.4, -0.2) is 59.2 Å². The number of ether oxygens (including phenoxy) is 1. The van der Waals surface area contributed by atoms with E-state index in [4.69, 9.17) is 4.74 Å². The molecule has 1 aliphatic rings. The fraction of sp³-hybridized carbons (Fsp3) is 0.375. The van der Waals surface area contributed by atoms with Crippen molar-refractivity contribution in [2.24, 2.45) is 0 Å². The largest absolute Gasteiger partial charge is 0.379 e. The molecule has 27 heavy (non-hydrogen) atoms. The summed E-state index contributed by atoms with van der Waals surface area (Å²) in [4.78, 5) is 21.0. The maximum absolute atomic E-state index is 14.0. The van der Waals surface area contributed by atoms with E-state index in [1.54, 1.807) is 6.07 Å². The van der Waals surface area contributed by atoms with Gasteiger partial charge in [0.1, 0.15) is 12.1 Å². The molecule has 1 aromatic carbocycles. The van der Waals surface area contributed by atoms with Crippen LogP contribution in [0.5, 0.6) is 0 Å². The zero-order valence-corrected chi connectivity index (χ0v) is 15.9. The van der Waals surface area contributed by atoms with Crippen LogP contribution in [0, 0.1) is 15.9 Å². The highest BCUT2D eigenvalue weighted by molar-refractivity contribution is 9.10. The quantitative estimate of drug-likeness (QED) is 0.499. The molecule has 1 aromatic heterocycles. The van der Waals surface area contributed by atoms with Crippen LogP contribution in [0.25, 0.3) is 0 Å². The number of anilines is 3. The maximum atomic E-state index is 14.0. The molecule has 11 heteroatoms. The van der Waals surface area contributed by atoms with Crippen molar-refractivity contribution in [2.45, 2.75) is 0 Å². The minimum Gasteiger partial charge on any atom is -0.379 e. The molecule has 1 aliphatic heterocycles. The van der Waals surface area contributed by atoms with Crippen molar-refractivity contribution in [1.82, 2.24) is 14.9 Å². The smallest absolute Gasteiger partial charge is 0.353 e. The van der Waals surface area contributed by atoms with E-state index in [2.05, 4.69) is 41.4 Å². The average Bonchev–Trinajstić information content (AvgIpc) is 2.65. The normalized spacial score (nSPS) is 14.7. The standard InChI is InChI=1S/C16H18BrFN6O3/c17-11-1-2-13(12(18)9-11)22-16-14(24(25)26)15(20-10-21-16)19-3-4-23-5-7-27-8-6-23/h1-2,9-10H,3-8H2,(H2,19,20,21,22). The molecule has 0 saturated carbocycles. The van der Waals surface area contributed by atoms with Gasteiger partial charge >= 0.3 is 5.69 Å². The Morgan fingerprint density at radius 3 is 2.74 bits per heavy atom. The van der Waals surface area contributed by atoms with Gasteiger partial charge in [0.05, 0.1) is 23.8 Å². The van der Waals surface area contributed by atoms with E-state index < -0.39 is 10.7 Å². The molecule has 0 aliphatic carbocycles. The Morgan fingerprint density at radius 1 is 1.30 bits per heavy atom. The molecule has 2 aromatic rings. The summed E-state index contributed by atoms with van der Waals surface area (Å²) in [5.74, 6) is -0.549. The predicted molar refractivity (Wildman–Crippen MR) is 102 cm³/mol. The second-order valence-electron chi connectivity index (χ2n) is 5.81. The molecule has 2 heterocycles. The fourth-order valence-corrected chi connectivity index (χ4v) is 2.98. The van der Waals surface area contributed by atoms with Gasteiger partial charge in [-0.1, -0.05) is 15.9 Å². The molecule has 0 radical (unpaired) electrons. The second-order valence-corrected chi connectivity index (χ2v) is 6.72. The van der Waals surface area contributed by atoms with Crippen LogP contribution < -0.4 is 10.6 Å². The van der Waals surface area contributed by atoms with E-state index >= 15 is 0 Å². The lowest BCUT2D eigenvalue weighted by atomic mass is 10.3. The molecule has 3 rings (SSSR count). The number of nitro groups is 1. The van der Waals surface area contributed by atoms with E-state index in [0.29, 0.717) is 30.8 Å². The molecule has 0 amide bonds. The van der Waals surface area contributed by atoms with Crippen LogP contribution in [0.1, 0.15) is 0 Å². The van der Waals surface area contributed by atoms with Crippen LogP contribution in [0.15, 0.2) is 29.0 Å². The van der Waals surface area contributed by atoms with E-state index in [0.717, 1.165) is 13.1 Å². The third-order valence-electron chi connectivity index (χ3n) is 4.01. The van der Waals surface area contributed by atoms with E-state index in [9.17, 15) is 14.5 Å². The summed E-state index contributed by atoms with van der Waals surface area (Å²) in [6, 6.07) is 4.35. The monoisotopic (exact) mass is 440 g/mol. The molecule has 0 spiro atoms. The van der Waals surface area contributed by atoms with Crippen molar-refractivity contribution in [3.8, 4) is 0 Å². The van der Waals surface area contributed by atoms with Crippen LogP contribution in [-0.2, 0) is 4.74 Å². The van der Waals surface area contributed by atoms with E-state index in [-0.39, 0.29) is 23.0 Å². The number of nitrogens with zero attached hydrogens (tertiary/aromatic N) is 4. The molecule has 9 nitrogen and oxygen atoms in total. The fourth-order valence-electron chi connectivity index (χ4n) is 2.65. The Kier molecular flexibility index (Phi) is 6.48. The molecule has 0 bridgehead atoms. The number of benzene rings is 1. The Balaban J connectivity index is 1.74. The van der Waals surface area contributed by atoms with Crippen molar-refractivity contribution >= 4 is 38.9 Å². The summed E-state index contributed by atoms with van der Waals surface area (Å²) in [6.45, 7) is 4.19. The lowest BCUT2D eigenvalue weighted by Crippen LogP contribution is -2.39. The highest BCUT2D eigenvalue weighted by atomic mass is 79.9. The number of nitrogens with one attached hydrogen (secondary N) is 2. The second kappa shape index (κ2) is 9.02. The first-order valence-corrected chi connectivity index (χ1v) is 9.09. The number of morpholine rings is 1. The minimum absolute atomic E-state index is 0.0786. The average molecular weight is 441 g/mol. The Labute approximate surface area is 163 Å². The van der Waals surface area contributed by atoms with Gasteiger partial charge in [-0.3, -0.25) is 15.0 Å². The van der Waals surface area contributed by atoms with Crippen LogP contribution in [0.2, 0.25) is 0 Å². The first-order valence-electron chi connectivity index (χ1n) is 8.30. The molecule has 0 atom stereocenters. The van der Waals surface area contributed by atoms with Crippen LogP contribution in [0.3, 0.4) is 0 Å². The van der Waals surface area contributed by atoms with Crippen molar-refractivity contribution in [2.75, 3.05) is 50.0 Å². The first kappa shape index (κ1) is 19.4. The zero-order valence-electron chi connectivity index (χ0n) is 14.3. The summed E-state index contributed by atoms with van der Waals surface area (Å²) < 4.78 is 19.9. The van der Waals surface area contributed by atoms with Crippen LogP contribution >= 0.6 is 15.9 Å². The predicted octanol–water partition coefficient (Wildman–Crippen LogP) is 2.77. The summed E-state index contributed by atoms with van der Waals surface area (Å²) in [5.41, 5.74) is -0.249. The summed E-state index contributed by atoms with van der Waals surface area (Å²) in [5, 5.41) is 17.2. The lowest BCUT2D eigenvalue weighted by Gasteiger charge is -2.26. The first-order chi connectivity index (χ1) is 13.0. The van der Waals surface area contributed by atoms with Gasteiger partial charge in [0.2, 0.25) is 11.6 Å². The highest BCUT2D eigenvalue weighted by Crippen LogP contribution is 2.32. The van der Waals surface area contributed by atoms with Gasteiger partial charge in [0.15, 0.2) is 0 Å². The topological polar surface area (TPSA) is 105 Å². The van der Waals surface area contributed by atoms with E-state index in [1.807, 2.05) is 0 Å². The van der Waals surface area contributed by atoms with Crippen molar-refractivity contribution in [3.05, 3.63) is 44.9 Å². The molecule has 1 saturated heterocycles. The Bertz CT molecular complexity index is 819. The van der Waals surface area contributed by atoms with Gasteiger partial charge < -0.3 is 15.4 Å². The third kappa shape index (κ3) is 5.08. The van der Waals surface area contributed by atoms with Gasteiger partial charge in [-0.05, 0) is 18.2 Å². The molecule has 2 N–H and O–H groups in total. The van der Waals surface area contributed by atoms with Gasteiger partial charge in [-0.2, -0.15) is 0 Å². The zero-order chi connectivity index (χ0) is 19.2. The number of halogens is 2. The molecule has 144 valence electrons. The van der Waals surface area contributed by atoms with Crippen LogP contribution in [0.4, 0.5) is 27.4 Å². The molecular formula is C16H18BrFN6O3. The van der Waals surface area contributed by atoms with Gasteiger partial charge in [-0.25, -0.2) is 14.4 Å². The van der Waals surface area contributed by atoms with Gasteiger partial charge in [0, 0.05) is 30.7 Å². The third-order valence-corrected chi connectivity index (χ3v) is 4.51. The van der Waals surface area contributed by atoms with Crippen molar-refractivity contribution in [3.63, 3.8) is 0 Å². The summed E-state index contributed by atoms with van der Waals surface area (Å²) >= 11 is 3.17. The van der Waals surface area contributed by atoms with Crippen molar-refractivity contribution < 1.29 is 14.1 Å². The van der Waals surface area contributed by atoms with E-state index in [1.165, 1.54) is 18.5 Å². The SMILES string of the molecule is O=[N+]([O-])c1c(NCCN2CCOCC2)ncnc1Nc1ccc(Br)cc1F. The molecular weight excluding hydrogens is 423 g/mol. The summed E-state index contributed by atoms with van der Waals surface area (Å²) in [6.07, 6.45) is 1.20. The number of aromatic nitrogens is 2. The Morgan fingerprint density at radius 2 is 2.04 bits per heavy atom. The molecule has 0 unspecified atom stereocenters. The summed E-state index contributed by atoms with van der Waals surface area (Å²) in [7, 11) is 0. The Hall–Kier alpha value is -2.37. The highest BCUT2D eigenvalue weighted by Gasteiger charge is 2.24. The van der Waals surface area contributed by atoms with Gasteiger partial charge in [-0.15, -0.1) is 0 Å². The minimum atomic E-state index is -0.587. The lowest BCUT2D eigenvalue weighted by molar-refractivity contribution is -0.383. The maximum Gasteiger partial charge on any atom is 0.353 e. The number of rotatable bonds is 7. The molecule has 1 fully saturated rings. The van der Waals surface area contributed by atoms with Gasteiger partial charge in [0.25, 0.3) is 0 Å². The number of hydrogen-bond donors (Lipinski definition) is 2. The van der Waals surface area contributed by atoms with Crippen molar-refractivity contribution in [1.29, 1.82) is 0 Å².